The van der Waals surface area contributed by atoms with Gasteiger partial charge >= 0.3 is 171 Å². The number of rotatable bonds is 5. The van der Waals surface area contributed by atoms with E-state index in [-0.39, 0.29) is 22.0 Å². The molecule has 2 rings (SSSR count). The van der Waals surface area contributed by atoms with Crippen molar-refractivity contribution in [3.63, 3.8) is 0 Å². The predicted octanol–water partition coefficient (Wildman–Crippen LogP) is 3.46. The molecule has 1 aromatic carbocycles. The van der Waals surface area contributed by atoms with Crippen molar-refractivity contribution >= 4 is 28.9 Å². The van der Waals surface area contributed by atoms with Crippen molar-refractivity contribution in [3.8, 4) is 0 Å². The quantitative estimate of drug-likeness (QED) is 0.565. The van der Waals surface area contributed by atoms with E-state index < -0.39 is 11.4 Å². The van der Waals surface area contributed by atoms with E-state index in [4.69, 9.17) is 4.74 Å². The van der Waals surface area contributed by atoms with Gasteiger partial charge in [0.1, 0.15) is 0 Å². The van der Waals surface area contributed by atoms with E-state index in [1.54, 1.807) is 16.9 Å². The summed E-state index contributed by atoms with van der Waals surface area (Å²) in [4.78, 5) is 25.4. The zero-order valence-electron chi connectivity index (χ0n) is 16.9. The van der Waals surface area contributed by atoms with Crippen LogP contribution in [0.1, 0.15) is 52.0 Å². The number of amides is 1. The van der Waals surface area contributed by atoms with Gasteiger partial charge in [-0.1, -0.05) is 0 Å². The van der Waals surface area contributed by atoms with Gasteiger partial charge in [-0.15, -0.1) is 0 Å². The first-order valence-electron chi connectivity index (χ1n) is 9.67. The fourth-order valence-electron chi connectivity index (χ4n) is 4.47. The van der Waals surface area contributed by atoms with Gasteiger partial charge in [0.15, 0.2) is 0 Å². The first-order chi connectivity index (χ1) is 12.6. The molecule has 0 aliphatic carbocycles. The number of likely N-dealkylation sites (tertiary alicyclic amines) is 1. The number of ether oxygens (including phenoxy) is 1. The number of aliphatic carboxylic acids is 1. The van der Waals surface area contributed by atoms with Crippen LogP contribution in [-0.4, -0.2) is 63.7 Å². The second-order valence-electron chi connectivity index (χ2n) is 8.45. The molecule has 27 heavy (non-hydrogen) atoms. The second kappa shape index (κ2) is 8.36. The molecule has 1 saturated heterocycles. The number of carbonyl (C=O) groups excluding carboxylic acids is 1. The Morgan fingerprint density at radius 1 is 1.22 bits per heavy atom. The number of piperidine rings is 1. The van der Waals surface area contributed by atoms with Gasteiger partial charge in [0.2, 0.25) is 0 Å². The van der Waals surface area contributed by atoms with Crippen LogP contribution in [0.5, 0.6) is 0 Å². The van der Waals surface area contributed by atoms with Crippen LogP contribution in [0, 0.1) is 5.41 Å². The molecule has 0 spiro atoms. The van der Waals surface area contributed by atoms with E-state index in [1.807, 2.05) is 58.0 Å². The molecule has 5 nitrogen and oxygen atoms in total. The number of hydrogen-bond donors (Lipinski definition) is 1. The van der Waals surface area contributed by atoms with Gasteiger partial charge in [-0.3, -0.25) is 0 Å². The average molecular weight is 438 g/mol. The molecule has 1 aromatic rings. The van der Waals surface area contributed by atoms with Crippen molar-refractivity contribution in [2.24, 2.45) is 5.41 Å². The predicted molar refractivity (Wildman–Crippen MR) is 109 cm³/mol. The fourth-order valence-corrected chi connectivity index (χ4v) is 5.99. The average Bonchev–Trinajstić information content (AvgIpc) is 2.62. The molecule has 1 heterocycles. The summed E-state index contributed by atoms with van der Waals surface area (Å²) in [6, 6.07) is 9.95. The fraction of sp³-hybridized carbons (Fsp3) is 0.619. The Kier molecular flexibility index (Phi) is 6.80. The molecular formula is C21H33AsNO4+. The monoisotopic (exact) mass is 438 g/mol. The minimum absolute atomic E-state index is 0.0411. The molecule has 0 bridgehead atoms. The number of hydrogen-bond acceptors (Lipinski definition) is 3. The van der Waals surface area contributed by atoms with Crippen LogP contribution in [0.4, 0.5) is 4.79 Å². The summed E-state index contributed by atoms with van der Waals surface area (Å²) in [5, 5.41) is 11.1. The van der Waals surface area contributed by atoms with Crippen LogP contribution in [0.25, 0.3) is 0 Å². The summed E-state index contributed by atoms with van der Waals surface area (Å²) in [5.74, 6) is -0.787. The van der Waals surface area contributed by atoms with Crippen LogP contribution in [0.15, 0.2) is 30.3 Å². The molecule has 6 heteroatoms. The SMILES string of the molecule is CCOC(=O)[N+]1(C(C)(C)C)CCC(C(=O)O)(C(C[AsH2])c2ccccc2)CC1. The van der Waals surface area contributed by atoms with E-state index >= 15 is 0 Å². The number of nitrogens with zero attached hydrogens (tertiary/aromatic N) is 1. The maximum absolute atomic E-state index is 12.9. The summed E-state index contributed by atoms with van der Waals surface area (Å²) >= 11 is 1.55. The number of carbonyl (C=O) groups is 2. The zero-order chi connectivity index (χ0) is 20.3. The van der Waals surface area contributed by atoms with Gasteiger partial charge in [0.05, 0.1) is 0 Å². The molecule has 2 atom stereocenters. The summed E-state index contributed by atoms with van der Waals surface area (Å²) in [6.07, 6.45) is 0.713. The Morgan fingerprint density at radius 3 is 2.19 bits per heavy atom. The third kappa shape index (κ3) is 3.95. The number of carboxylic acids is 1. The molecule has 0 aromatic heterocycles. The van der Waals surface area contributed by atoms with Crippen LogP contribution in [-0.2, 0) is 9.53 Å². The molecule has 1 aliphatic rings. The van der Waals surface area contributed by atoms with Gasteiger partial charge in [-0.2, -0.15) is 0 Å². The zero-order valence-corrected chi connectivity index (χ0v) is 19.3. The first-order valence-corrected chi connectivity index (χ1v) is 11.4. The van der Waals surface area contributed by atoms with Crippen molar-refractivity contribution in [1.82, 2.24) is 0 Å². The summed E-state index contributed by atoms with van der Waals surface area (Å²) < 4.78 is 5.59. The van der Waals surface area contributed by atoms with Gasteiger partial charge in [-0.25, -0.2) is 0 Å². The summed E-state index contributed by atoms with van der Waals surface area (Å²) in [5.41, 5.74) is -0.0942. The van der Waals surface area contributed by atoms with Crippen molar-refractivity contribution in [1.29, 1.82) is 0 Å². The molecule has 0 saturated carbocycles. The Hall–Kier alpha value is -1.32. The molecule has 2 unspecified atom stereocenters. The van der Waals surface area contributed by atoms with E-state index in [0.717, 1.165) is 10.8 Å². The Labute approximate surface area is 171 Å². The van der Waals surface area contributed by atoms with Crippen LogP contribution in [0.3, 0.4) is 0 Å². The van der Waals surface area contributed by atoms with Crippen LogP contribution >= 0.6 is 0 Å². The van der Waals surface area contributed by atoms with Crippen LogP contribution in [0.2, 0.25) is 5.21 Å². The topological polar surface area (TPSA) is 63.6 Å². The van der Waals surface area contributed by atoms with E-state index in [2.05, 4.69) is 0 Å². The minimum atomic E-state index is -0.836. The number of quaternary nitrogens is 1. The number of benzene rings is 1. The maximum atomic E-state index is 12.9. The Balaban J connectivity index is 2.41. The van der Waals surface area contributed by atoms with E-state index in [9.17, 15) is 14.7 Å². The van der Waals surface area contributed by atoms with Crippen molar-refractivity contribution in [2.75, 3.05) is 19.7 Å². The van der Waals surface area contributed by atoms with Crippen molar-refractivity contribution in [2.45, 2.75) is 57.2 Å². The van der Waals surface area contributed by atoms with Gasteiger partial charge in [0, 0.05) is 0 Å². The van der Waals surface area contributed by atoms with Gasteiger partial charge < -0.3 is 0 Å². The molecule has 1 aliphatic heterocycles. The molecule has 150 valence electrons. The third-order valence-corrected chi connectivity index (χ3v) is 7.30. The molecular weight excluding hydrogens is 405 g/mol. The van der Waals surface area contributed by atoms with Crippen molar-refractivity contribution in [3.05, 3.63) is 35.9 Å². The summed E-state index contributed by atoms with van der Waals surface area (Å²) in [6.45, 7) is 9.24. The Bertz CT molecular complexity index is 661. The molecule has 0 radical (unpaired) electrons. The van der Waals surface area contributed by atoms with Gasteiger partial charge in [0.25, 0.3) is 0 Å². The standard InChI is InChI=1S/C21H32AsNO4/c1-5-27-19(26)23(20(2,3)4)13-11-21(12-14-23,18(24)25)17(15-22)16-9-7-6-8-10-16/h6-10,17H,5,11-15,22H2,1-4H3/p+1. The normalized spacial score (nSPS) is 27.0. The first kappa shape index (κ1) is 22.0. The third-order valence-electron chi connectivity index (χ3n) is 6.31. The molecule has 1 amide bonds. The number of carboxylic acid groups (broad SMARTS) is 1. The van der Waals surface area contributed by atoms with E-state index in [1.165, 1.54) is 0 Å². The molecule has 1 N–H and O–H groups in total. The summed E-state index contributed by atoms with van der Waals surface area (Å²) in [7, 11) is 0. The van der Waals surface area contributed by atoms with Crippen molar-refractivity contribution < 1.29 is 23.9 Å². The van der Waals surface area contributed by atoms with E-state index in [0.29, 0.717) is 32.5 Å². The Morgan fingerprint density at radius 2 is 1.78 bits per heavy atom. The molecule has 1 fully saturated rings. The van der Waals surface area contributed by atoms with Gasteiger partial charge in [-0.05, 0) is 0 Å². The van der Waals surface area contributed by atoms with Crippen LogP contribution < -0.4 is 0 Å². The second-order valence-corrected chi connectivity index (χ2v) is 9.43.